The van der Waals surface area contributed by atoms with Gasteiger partial charge in [0.1, 0.15) is 5.82 Å². The summed E-state index contributed by atoms with van der Waals surface area (Å²) in [5.41, 5.74) is 2.26. The summed E-state index contributed by atoms with van der Waals surface area (Å²) >= 11 is 6.38. The van der Waals surface area contributed by atoms with Crippen molar-refractivity contribution in [1.29, 1.82) is 0 Å². The maximum atomic E-state index is 6.38. The minimum absolute atomic E-state index is 0.784. The molecular weight excluding hydrogens is 270 g/mol. The summed E-state index contributed by atoms with van der Waals surface area (Å²) in [7, 11) is 0. The zero-order chi connectivity index (χ0) is 14.4. The van der Waals surface area contributed by atoms with Crippen LogP contribution in [0.4, 0.5) is 0 Å². The average Bonchev–Trinajstić information content (AvgIpc) is 2.89. The molecule has 3 nitrogen and oxygen atoms in total. The second-order valence-electron chi connectivity index (χ2n) is 4.88. The Kier molecular flexibility index (Phi) is 5.62. The number of benzene rings is 1. The summed E-state index contributed by atoms with van der Waals surface area (Å²) in [5, 5.41) is 4.24. The second kappa shape index (κ2) is 7.46. The lowest BCUT2D eigenvalue weighted by atomic mass is 10.1. The molecule has 0 unspecified atom stereocenters. The van der Waals surface area contributed by atoms with Gasteiger partial charge in [-0.3, -0.25) is 0 Å². The van der Waals surface area contributed by atoms with Crippen LogP contribution >= 0.6 is 11.6 Å². The second-order valence-corrected chi connectivity index (χ2v) is 5.28. The topological polar surface area (TPSA) is 29.9 Å². The monoisotopic (exact) mass is 291 g/mol. The summed E-state index contributed by atoms with van der Waals surface area (Å²) < 4.78 is 2.15. The summed E-state index contributed by atoms with van der Waals surface area (Å²) in [6.07, 6.45) is 7.05. The Balaban J connectivity index is 2.34. The number of aromatic nitrogens is 2. The van der Waals surface area contributed by atoms with Crippen LogP contribution in [-0.2, 0) is 13.0 Å². The molecule has 0 fully saturated rings. The first-order valence-corrected chi connectivity index (χ1v) is 7.66. The molecule has 1 aromatic carbocycles. The molecule has 2 aromatic rings. The van der Waals surface area contributed by atoms with Crippen molar-refractivity contribution in [3.63, 3.8) is 0 Å². The lowest BCUT2D eigenvalue weighted by Gasteiger charge is -2.15. The van der Waals surface area contributed by atoms with Crippen molar-refractivity contribution in [1.82, 2.24) is 14.9 Å². The van der Waals surface area contributed by atoms with E-state index in [1.54, 1.807) is 0 Å². The fourth-order valence-electron chi connectivity index (χ4n) is 2.30. The number of imidazole rings is 1. The number of nitrogens with one attached hydrogen (secondary N) is 1. The van der Waals surface area contributed by atoms with Crippen LogP contribution in [0, 0.1) is 0 Å². The maximum Gasteiger partial charge on any atom is 0.113 e. The van der Waals surface area contributed by atoms with E-state index in [0.717, 1.165) is 54.4 Å². The molecule has 0 saturated heterocycles. The van der Waals surface area contributed by atoms with Gasteiger partial charge in [0.2, 0.25) is 0 Å². The summed E-state index contributed by atoms with van der Waals surface area (Å²) in [4.78, 5) is 4.45. The molecule has 0 atom stereocenters. The number of rotatable bonds is 7. The minimum Gasteiger partial charge on any atom is -0.313 e. The van der Waals surface area contributed by atoms with Crippen LogP contribution in [0.1, 0.15) is 38.1 Å². The predicted molar refractivity (Wildman–Crippen MR) is 84.6 cm³/mol. The zero-order valence-electron chi connectivity index (χ0n) is 12.2. The number of hydrogen-bond acceptors (Lipinski definition) is 2. The van der Waals surface area contributed by atoms with E-state index in [-0.39, 0.29) is 0 Å². The van der Waals surface area contributed by atoms with Crippen LogP contribution in [0.25, 0.3) is 5.69 Å². The fraction of sp³-hybridized carbons (Fsp3) is 0.438. The Hall–Kier alpha value is -1.32. The molecule has 0 aliphatic carbocycles. The van der Waals surface area contributed by atoms with Crippen LogP contribution in [0.15, 0.2) is 30.6 Å². The Morgan fingerprint density at radius 3 is 2.85 bits per heavy atom. The highest BCUT2D eigenvalue weighted by Gasteiger charge is 2.11. The summed E-state index contributed by atoms with van der Waals surface area (Å²) in [5.74, 6) is 1.09. The van der Waals surface area contributed by atoms with Gasteiger partial charge in [-0.1, -0.05) is 31.5 Å². The zero-order valence-corrected chi connectivity index (χ0v) is 13.0. The van der Waals surface area contributed by atoms with Gasteiger partial charge >= 0.3 is 0 Å². The molecule has 4 heteroatoms. The van der Waals surface area contributed by atoms with E-state index in [1.165, 1.54) is 0 Å². The number of hydrogen-bond donors (Lipinski definition) is 1. The van der Waals surface area contributed by atoms with Gasteiger partial charge in [-0.2, -0.15) is 0 Å². The number of aryl methyl sites for hydroxylation is 1. The molecule has 0 saturated carbocycles. The number of halogens is 1. The largest absolute Gasteiger partial charge is 0.313 e. The van der Waals surface area contributed by atoms with Gasteiger partial charge in [0.15, 0.2) is 0 Å². The van der Waals surface area contributed by atoms with Crippen molar-refractivity contribution in [2.24, 2.45) is 0 Å². The van der Waals surface area contributed by atoms with Crippen LogP contribution in [0.5, 0.6) is 0 Å². The third kappa shape index (κ3) is 3.41. The Bertz CT molecular complexity index is 548. The molecule has 1 aromatic heterocycles. The highest BCUT2D eigenvalue weighted by Crippen LogP contribution is 2.24. The molecule has 0 aliphatic heterocycles. The first kappa shape index (κ1) is 15.1. The van der Waals surface area contributed by atoms with E-state index in [4.69, 9.17) is 11.6 Å². The van der Waals surface area contributed by atoms with Gasteiger partial charge in [-0.25, -0.2) is 4.98 Å². The van der Waals surface area contributed by atoms with E-state index in [9.17, 15) is 0 Å². The molecule has 1 N–H and O–H groups in total. The Morgan fingerprint density at radius 2 is 2.10 bits per heavy atom. The summed E-state index contributed by atoms with van der Waals surface area (Å²) in [6.45, 7) is 6.11. The maximum absolute atomic E-state index is 6.38. The van der Waals surface area contributed by atoms with Crippen molar-refractivity contribution in [3.8, 4) is 5.69 Å². The fourth-order valence-corrected chi connectivity index (χ4v) is 2.54. The molecule has 20 heavy (non-hydrogen) atoms. The molecule has 0 aliphatic rings. The standard InChI is InChI=1S/C16H22ClN3/c1-3-6-16-19-10-11-20(16)15-8-5-7-14(17)13(15)12-18-9-4-2/h5,7-8,10-11,18H,3-4,6,9,12H2,1-2H3. The van der Waals surface area contributed by atoms with Crippen molar-refractivity contribution in [2.75, 3.05) is 6.54 Å². The molecule has 2 rings (SSSR count). The predicted octanol–water partition coefficient (Wildman–Crippen LogP) is 3.98. The molecule has 0 radical (unpaired) electrons. The minimum atomic E-state index is 0.784. The molecule has 0 amide bonds. The lowest BCUT2D eigenvalue weighted by molar-refractivity contribution is 0.671. The third-order valence-corrected chi connectivity index (χ3v) is 3.63. The quantitative estimate of drug-likeness (QED) is 0.782. The average molecular weight is 292 g/mol. The first-order valence-electron chi connectivity index (χ1n) is 7.28. The number of nitrogens with zero attached hydrogens (tertiary/aromatic N) is 2. The van der Waals surface area contributed by atoms with Crippen LogP contribution in [-0.4, -0.2) is 16.1 Å². The molecule has 0 spiro atoms. The van der Waals surface area contributed by atoms with Gasteiger partial charge in [0.25, 0.3) is 0 Å². The van der Waals surface area contributed by atoms with E-state index < -0.39 is 0 Å². The molecular formula is C16H22ClN3. The van der Waals surface area contributed by atoms with Gasteiger partial charge in [0, 0.05) is 35.9 Å². The van der Waals surface area contributed by atoms with Gasteiger partial charge in [-0.15, -0.1) is 0 Å². The van der Waals surface area contributed by atoms with E-state index in [1.807, 2.05) is 24.5 Å². The van der Waals surface area contributed by atoms with E-state index in [0.29, 0.717) is 0 Å². The van der Waals surface area contributed by atoms with Crippen LogP contribution in [0.2, 0.25) is 5.02 Å². The van der Waals surface area contributed by atoms with Crippen molar-refractivity contribution in [3.05, 3.63) is 47.0 Å². The van der Waals surface area contributed by atoms with Gasteiger partial charge < -0.3 is 9.88 Å². The van der Waals surface area contributed by atoms with Crippen LogP contribution < -0.4 is 5.32 Å². The smallest absolute Gasteiger partial charge is 0.113 e. The highest BCUT2D eigenvalue weighted by atomic mass is 35.5. The third-order valence-electron chi connectivity index (χ3n) is 3.27. The Morgan fingerprint density at radius 1 is 1.25 bits per heavy atom. The first-order chi connectivity index (χ1) is 9.77. The van der Waals surface area contributed by atoms with E-state index in [2.05, 4.69) is 34.8 Å². The molecule has 108 valence electrons. The Labute approximate surface area is 126 Å². The molecule has 0 bridgehead atoms. The highest BCUT2D eigenvalue weighted by molar-refractivity contribution is 6.31. The van der Waals surface area contributed by atoms with Crippen molar-refractivity contribution < 1.29 is 0 Å². The molecule has 1 heterocycles. The SMILES string of the molecule is CCCNCc1c(Cl)cccc1-n1ccnc1CCC. The lowest BCUT2D eigenvalue weighted by Crippen LogP contribution is -2.16. The van der Waals surface area contributed by atoms with Crippen molar-refractivity contribution in [2.45, 2.75) is 39.7 Å². The van der Waals surface area contributed by atoms with E-state index >= 15 is 0 Å². The summed E-state index contributed by atoms with van der Waals surface area (Å²) in [6, 6.07) is 6.05. The van der Waals surface area contributed by atoms with Crippen LogP contribution in [0.3, 0.4) is 0 Å². The van der Waals surface area contributed by atoms with Crippen molar-refractivity contribution >= 4 is 11.6 Å². The normalized spacial score (nSPS) is 10.9. The van der Waals surface area contributed by atoms with Gasteiger partial charge in [-0.05, 0) is 31.5 Å². The van der Waals surface area contributed by atoms with Gasteiger partial charge in [0.05, 0.1) is 5.69 Å².